The Morgan fingerprint density at radius 1 is 1.19 bits per heavy atom. The van der Waals surface area contributed by atoms with Crippen LogP contribution in [0.1, 0.15) is 64.8 Å². The van der Waals surface area contributed by atoms with Gasteiger partial charge in [-0.15, -0.1) is 24.0 Å². The zero-order valence-corrected chi connectivity index (χ0v) is 22.1. The number of hydrogen-bond acceptors (Lipinski definition) is 4. The summed E-state index contributed by atoms with van der Waals surface area (Å²) in [6.45, 7) is 11.1. The first kappa shape index (κ1) is 26.2. The number of imidazole rings is 1. The van der Waals surface area contributed by atoms with E-state index in [1.807, 2.05) is 39.1 Å². The second-order valence-corrected chi connectivity index (χ2v) is 9.16. The molecule has 1 amide bonds. The zero-order chi connectivity index (χ0) is 22.4. The van der Waals surface area contributed by atoms with Gasteiger partial charge < -0.3 is 25.1 Å². The van der Waals surface area contributed by atoms with Crippen LogP contribution in [-0.2, 0) is 11.3 Å². The van der Waals surface area contributed by atoms with E-state index in [0.29, 0.717) is 12.6 Å². The van der Waals surface area contributed by atoms with Gasteiger partial charge in [0.1, 0.15) is 11.2 Å². The number of nitrogens with one attached hydrogen (secondary N) is 3. The lowest BCUT2D eigenvalue weighted by Crippen LogP contribution is -2.48. The van der Waals surface area contributed by atoms with E-state index in [2.05, 4.69) is 45.2 Å². The minimum absolute atomic E-state index is 0. The highest BCUT2D eigenvalue weighted by Crippen LogP contribution is 2.19. The molecule has 1 saturated carbocycles. The highest BCUT2D eigenvalue weighted by molar-refractivity contribution is 14.0. The van der Waals surface area contributed by atoms with Crippen LogP contribution in [0.5, 0.6) is 0 Å². The van der Waals surface area contributed by atoms with Crippen LogP contribution in [-0.4, -0.2) is 45.7 Å². The molecule has 1 aliphatic rings. The number of ether oxygens (including phenoxy) is 1. The molecule has 0 aromatic carbocycles. The number of guanidine groups is 1. The molecule has 0 atom stereocenters. The van der Waals surface area contributed by atoms with Crippen molar-refractivity contribution in [3.05, 3.63) is 35.8 Å². The summed E-state index contributed by atoms with van der Waals surface area (Å²) in [4.78, 5) is 21.4. The maximum Gasteiger partial charge on any atom is 0.407 e. The molecule has 0 spiro atoms. The van der Waals surface area contributed by atoms with Crippen LogP contribution in [0.4, 0.5) is 4.79 Å². The van der Waals surface area contributed by atoms with Crippen molar-refractivity contribution in [2.45, 2.75) is 84.5 Å². The molecule has 8 nitrogen and oxygen atoms in total. The van der Waals surface area contributed by atoms with Crippen molar-refractivity contribution in [1.29, 1.82) is 0 Å². The van der Waals surface area contributed by atoms with Crippen molar-refractivity contribution in [2.75, 3.05) is 6.54 Å². The quantitative estimate of drug-likeness (QED) is 0.293. The van der Waals surface area contributed by atoms with Gasteiger partial charge in [0.25, 0.3) is 0 Å². The number of aliphatic imine (C=N–C) groups is 1. The van der Waals surface area contributed by atoms with Gasteiger partial charge in [-0.1, -0.05) is 6.07 Å². The van der Waals surface area contributed by atoms with Crippen LogP contribution in [0.3, 0.4) is 0 Å². The molecular weight excluding hydrogens is 519 g/mol. The first-order valence-electron chi connectivity index (χ1n) is 11.2. The molecule has 3 rings (SSSR count). The van der Waals surface area contributed by atoms with Crippen molar-refractivity contribution in [3.63, 3.8) is 0 Å². The number of aromatic nitrogens is 2. The van der Waals surface area contributed by atoms with Crippen molar-refractivity contribution >= 4 is 41.7 Å². The Balaban J connectivity index is 0.00000363. The molecule has 1 fully saturated rings. The fraction of sp³-hybridized carbons (Fsp3) is 0.609. The van der Waals surface area contributed by atoms with Gasteiger partial charge in [-0.25, -0.2) is 14.8 Å². The van der Waals surface area contributed by atoms with Crippen molar-refractivity contribution < 1.29 is 9.53 Å². The van der Waals surface area contributed by atoms with Gasteiger partial charge in [0.05, 0.1) is 12.2 Å². The molecule has 3 N–H and O–H groups in total. The fourth-order valence-electron chi connectivity index (χ4n) is 3.80. The number of fused-ring (bicyclic) bond motifs is 1. The summed E-state index contributed by atoms with van der Waals surface area (Å²) in [5, 5.41) is 9.87. The average Bonchev–Trinajstić information content (AvgIpc) is 3.11. The number of amides is 1. The monoisotopic (exact) mass is 556 g/mol. The zero-order valence-electron chi connectivity index (χ0n) is 19.8. The van der Waals surface area contributed by atoms with Crippen molar-refractivity contribution in [1.82, 2.24) is 25.3 Å². The molecule has 178 valence electrons. The number of pyridine rings is 1. The van der Waals surface area contributed by atoms with Crippen LogP contribution in [0.15, 0.2) is 29.4 Å². The highest BCUT2D eigenvalue weighted by Gasteiger charge is 2.25. The summed E-state index contributed by atoms with van der Waals surface area (Å²) in [6, 6.07) is 6.59. The summed E-state index contributed by atoms with van der Waals surface area (Å²) in [6.07, 6.45) is 5.49. The summed E-state index contributed by atoms with van der Waals surface area (Å²) >= 11 is 0. The summed E-state index contributed by atoms with van der Waals surface area (Å²) in [5.41, 5.74) is 2.57. The van der Waals surface area contributed by atoms with Gasteiger partial charge >= 0.3 is 6.09 Å². The SMILES string of the molecule is CCNC(=NCc1cn2c(C)cccc2n1)NC1CCC(NC(=O)OC(C)(C)C)CC1.I. The molecule has 0 bridgehead atoms. The minimum Gasteiger partial charge on any atom is -0.444 e. The number of aryl methyl sites for hydroxylation is 1. The van der Waals surface area contributed by atoms with Gasteiger partial charge in [0, 0.05) is 30.5 Å². The van der Waals surface area contributed by atoms with E-state index in [1.54, 1.807) is 0 Å². The highest BCUT2D eigenvalue weighted by atomic mass is 127. The fourth-order valence-corrected chi connectivity index (χ4v) is 3.80. The second kappa shape index (κ2) is 11.7. The lowest BCUT2D eigenvalue weighted by atomic mass is 9.91. The summed E-state index contributed by atoms with van der Waals surface area (Å²) < 4.78 is 7.45. The predicted octanol–water partition coefficient (Wildman–Crippen LogP) is 4.15. The molecule has 32 heavy (non-hydrogen) atoms. The van der Waals surface area contributed by atoms with E-state index in [1.165, 1.54) is 0 Å². The Labute approximate surface area is 208 Å². The van der Waals surface area contributed by atoms with Gasteiger partial charge in [-0.3, -0.25) is 0 Å². The second-order valence-electron chi connectivity index (χ2n) is 9.16. The first-order valence-corrected chi connectivity index (χ1v) is 11.2. The van der Waals surface area contributed by atoms with Crippen LogP contribution >= 0.6 is 24.0 Å². The lowest BCUT2D eigenvalue weighted by Gasteiger charge is -2.31. The smallest absolute Gasteiger partial charge is 0.407 e. The van der Waals surface area contributed by atoms with Gasteiger partial charge in [-0.2, -0.15) is 0 Å². The van der Waals surface area contributed by atoms with Gasteiger partial charge in [-0.05, 0) is 72.4 Å². The molecule has 0 radical (unpaired) electrons. The molecule has 2 heterocycles. The number of carbonyl (C=O) groups excluding carboxylic acids is 1. The summed E-state index contributed by atoms with van der Waals surface area (Å²) in [7, 11) is 0. The number of alkyl carbamates (subject to hydrolysis) is 1. The van der Waals surface area contributed by atoms with E-state index in [9.17, 15) is 4.79 Å². The van der Waals surface area contributed by atoms with Crippen LogP contribution < -0.4 is 16.0 Å². The standard InChI is InChI=1S/C23H36N6O2.HI/c1-6-24-21(25-14-19-15-29-16(2)8-7-9-20(29)26-19)27-17-10-12-18(13-11-17)28-22(30)31-23(3,4)5;/h7-9,15,17-18H,6,10-14H2,1-5H3,(H,28,30)(H2,24,25,27);1H. The molecule has 2 aromatic rings. The van der Waals surface area contributed by atoms with Crippen molar-refractivity contribution in [2.24, 2.45) is 4.99 Å². The Kier molecular flexibility index (Phi) is 9.60. The largest absolute Gasteiger partial charge is 0.444 e. The molecular formula is C23H37IN6O2. The number of rotatable bonds is 5. The molecule has 0 unspecified atom stereocenters. The average molecular weight is 556 g/mol. The Morgan fingerprint density at radius 3 is 2.44 bits per heavy atom. The maximum absolute atomic E-state index is 12.0. The summed E-state index contributed by atoms with van der Waals surface area (Å²) in [5.74, 6) is 0.805. The van der Waals surface area contributed by atoms with Gasteiger partial charge in [0.15, 0.2) is 5.96 Å². The maximum atomic E-state index is 12.0. The third kappa shape index (κ3) is 7.83. The van der Waals surface area contributed by atoms with E-state index in [4.69, 9.17) is 9.73 Å². The molecule has 1 aliphatic carbocycles. The Morgan fingerprint density at radius 2 is 1.84 bits per heavy atom. The van der Waals surface area contributed by atoms with Crippen LogP contribution in [0.25, 0.3) is 5.65 Å². The van der Waals surface area contributed by atoms with E-state index < -0.39 is 5.60 Å². The minimum atomic E-state index is -0.473. The van der Waals surface area contributed by atoms with E-state index in [-0.39, 0.29) is 36.1 Å². The normalized spacial score (nSPS) is 19.2. The molecule has 0 saturated heterocycles. The van der Waals surface area contributed by atoms with E-state index in [0.717, 1.165) is 55.2 Å². The number of carbonyl (C=O) groups is 1. The lowest BCUT2D eigenvalue weighted by molar-refractivity contribution is 0.0490. The third-order valence-corrected chi connectivity index (χ3v) is 5.28. The third-order valence-electron chi connectivity index (χ3n) is 5.28. The Hall–Kier alpha value is -2.04. The number of halogens is 1. The Bertz CT molecular complexity index is 913. The molecule has 2 aromatic heterocycles. The van der Waals surface area contributed by atoms with Crippen LogP contribution in [0, 0.1) is 6.92 Å². The topological polar surface area (TPSA) is 92.0 Å². The number of nitrogens with zero attached hydrogens (tertiary/aromatic N) is 3. The predicted molar refractivity (Wildman–Crippen MR) is 139 cm³/mol. The van der Waals surface area contributed by atoms with Crippen molar-refractivity contribution in [3.8, 4) is 0 Å². The first-order chi connectivity index (χ1) is 14.7. The molecule has 0 aliphatic heterocycles. The number of hydrogen-bond donors (Lipinski definition) is 3. The van der Waals surface area contributed by atoms with Crippen LogP contribution in [0.2, 0.25) is 0 Å². The molecule has 9 heteroatoms. The van der Waals surface area contributed by atoms with E-state index >= 15 is 0 Å². The van der Waals surface area contributed by atoms with Gasteiger partial charge in [0.2, 0.25) is 0 Å².